The number of rotatable bonds is 7. The molecule has 1 aromatic carbocycles. The second kappa shape index (κ2) is 9.88. The lowest BCUT2D eigenvalue weighted by Crippen LogP contribution is -2.21. The summed E-state index contributed by atoms with van der Waals surface area (Å²) in [6, 6.07) is 9.68. The van der Waals surface area contributed by atoms with E-state index >= 15 is 0 Å². The second-order valence-corrected chi connectivity index (χ2v) is 7.15. The smallest absolute Gasteiger partial charge is 0.231 e. The van der Waals surface area contributed by atoms with Gasteiger partial charge in [-0.1, -0.05) is 12.6 Å². The highest BCUT2D eigenvalue weighted by Crippen LogP contribution is 2.34. The van der Waals surface area contributed by atoms with E-state index in [0.29, 0.717) is 16.9 Å². The van der Waals surface area contributed by atoms with E-state index in [1.165, 1.54) is 0 Å². The molecule has 1 aromatic heterocycles. The number of benzene rings is 1. The SMILES string of the molecule is C=C(Br)/C=N\N(C)C(C=C(NC)c1ccc2c(c1)OCO2)=NCc1cccnc1. The van der Waals surface area contributed by atoms with Gasteiger partial charge in [-0.2, -0.15) is 5.10 Å². The van der Waals surface area contributed by atoms with Crippen LogP contribution in [0.15, 0.2) is 70.0 Å². The summed E-state index contributed by atoms with van der Waals surface area (Å²) in [6.07, 6.45) is 7.09. The summed E-state index contributed by atoms with van der Waals surface area (Å²) >= 11 is 3.29. The predicted molar refractivity (Wildman–Crippen MR) is 119 cm³/mol. The van der Waals surface area contributed by atoms with Gasteiger partial charge in [-0.15, -0.1) is 0 Å². The highest BCUT2D eigenvalue weighted by atomic mass is 79.9. The monoisotopic (exact) mass is 455 g/mol. The van der Waals surface area contributed by atoms with E-state index < -0.39 is 0 Å². The van der Waals surface area contributed by atoms with Crippen molar-refractivity contribution in [2.75, 3.05) is 20.9 Å². The summed E-state index contributed by atoms with van der Waals surface area (Å²) in [4.78, 5) is 8.87. The molecule has 7 nitrogen and oxygen atoms in total. The molecule has 1 N–H and O–H groups in total. The van der Waals surface area contributed by atoms with Crippen LogP contribution in [0.5, 0.6) is 11.5 Å². The zero-order valence-corrected chi connectivity index (χ0v) is 17.9. The number of aromatic nitrogens is 1. The first-order valence-electron chi connectivity index (χ1n) is 8.92. The Balaban J connectivity index is 1.93. The van der Waals surface area contributed by atoms with Gasteiger partial charge in [-0.25, -0.2) is 0 Å². The number of hydrogen-bond donors (Lipinski definition) is 1. The summed E-state index contributed by atoms with van der Waals surface area (Å²) in [7, 11) is 3.69. The van der Waals surface area contributed by atoms with E-state index in [1.807, 2.05) is 50.5 Å². The maximum absolute atomic E-state index is 5.49. The van der Waals surface area contributed by atoms with Gasteiger partial charge < -0.3 is 14.8 Å². The molecule has 3 rings (SSSR count). The first-order chi connectivity index (χ1) is 14.1. The maximum Gasteiger partial charge on any atom is 0.231 e. The average Bonchev–Trinajstić information content (AvgIpc) is 3.21. The molecule has 0 fully saturated rings. The molecule has 0 unspecified atom stereocenters. The third-order valence-corrected chi connectivity index (χ3v) is 4.28. The maximum atomic E-state index is 5.49. The Morgan fingerprint density at radius 1 is 1.34 bits per heavy atom. The molecule has 0 aliphatic carbocycles. The largest absolute Gasteiger partial charge is 0.454 e. The third kappa shape index (κ3) is 5.68. The van der Waals surface area contributed by atoms with Gasteiger partial charge in [0.25, 0.3) is 0 Å². The lowest BCUT2D eigenvalue weighted by Gasteiger charge is -2.16. The zero-order chi connectivity index (χ0) is 20.6. The van der Waals surface area contributed by atoms with E-state index in [1.54, 1.807) is 23.6 Å². The summed E-state index contributed by atoms with van der Waals surface area (Å²) in [5.74, 6) is 2.13. The molecule has 2 heterocycles. The minimum absolute atomic E-state index is 0.239. The summed E-state index contributed by atoms with van der Waals surface area (Å²) in [5.41, 5.74) is 2.83. The zero-order valence-electron chi connectivity index (χ0n) is 16.3. The number of amidine groups is 1. The van der Waals surface area contributed by atoms with E-state index in [-0.39, 0.29) is 6.79 Å². The molecule has 0 saturated heterocycles. The number of aliphatic imine (C=N–C) groups is 1. The first-order valence-corrected chi connectivity index (χ1v) is 9.71. The number of nitrogens with one attached hydrogen (secondary N) is 1. The molecule has 0 saturated carbocycles. The molecule has 2 aromatic rings. The summed E-state index contributed by atoms with van der Waals surface area (Å²) < 4.78 is 11.6. The highest BCUT2D eigenvalue weighted by molar-refractivity contribution is 9.12. The number of ether oxygens (including phenoxy) is 2. The van der Waals surface area contributed by atoms with Crippen LogP contribution in [0.2, 0.25) is 0 Å². The molecule has 8 heteroatoms. The van der Waals surface area contributed by atoms with Crippen LogP contribution < -0.4 is 14.8 Å². The lowest BCUT2D eigenvalue weighted by molar-refractivity contribution is 0.174. The number of allylic oxidation sites excluding steroid dienone is 1. The van der Waals surface area contributed by atoms with Crippen molar-refractivity contribution in [3.8, 4) is 11.5 Å². The van der Waals surface area contributed by atoms with Gasteiger partial charge in [0, 0.05) is 48.3 Å². The Kier molecular flexibility index (Phi) is 7.02. The number of pyridine rings is 1. The summed E-state index contributed by atoms with van der Waals surface area (Å²) in [5, 5.41) is 9.29. The predicted octanol–water partition coefficient (Wildman–Crippen LogP) is 3.80. The highest BCUT2D eigenvalue weighted by Gasteiger charge is 2.15. The van der Waals surface area contributed by atoms with Crippen LogP contribution in [0.25, 0.3) is 5.70 Å². The van der Waals surface area contributed by atoms with Crippen molar-refractivity contribution in [3.63, 3.8) is 0 Å². The number of nitrogens with zero attached hydrogens (tertiary/aromatic N) is 4. The van der Waals surface area contributed by atoms with Crippen LogP contribution in [0.4, 0.5) is 0 Å². The number of halogens is 1. The Labute approximate surface area is 178 Å². The Morgan fingerprint density at radius 2 is 2.17 bits per heavy atom. The Morgan fingerprint density at radius 3 is 2.90 bits per heavy atom. The van der Waals surface area contributed by atoms with Gasteiger partial charge in [0.2, 0.25) is 6.79 Å². The minimum atomic E-state index is 0.239. The Hall–Kier alpha value is -3.13. The normalized spacial score (nSPS) is 13.6. The van der Waals surface area contributed by atoms with Gasteiger partial charge in [-0.3, -0.25) is 15.0 Å². The molecule has 0 spiro atoms. The number of hydrogen-bond acceptors (Lipinski definition) is 6. The van der Waals surface area contributed by atoms with Crippen molar-refractivity contribution < 1.29 is 9.47 Å². The average molecular weight is 456 g/mol. The second-order valence-electron chi connectivity index (χ2n) is 6.13. The lowest BCUT2D eigenvalue weighted by atomic mass is 10.1. The molecular formula is C21H22BrN5O2. The van der Waals surface area contributed by atoms with Crippen molar-refractivity contribution in [2.24, 2.45) is 10.1 Å². The molecule has 0 bridgehead atoms. The number of fused-ring (bicyclic) bond motifs is 1. The molecule has 29 heavy (non-hydrogen) atoms. The molecular weight excluding hydrogens is 434 g/mol. The van der Waals surface area contributed by atoms with Crippen molar-refractivity contribution in [1.29, 1.82) is 0 Å². The Bertz CT molecular complexity index is 957. The topological polar surface area (TPSA) is 71.3 Å². The fraction of sp³-hybridized carbons (Fsp3) is 0.190. The quantitative estimate of drug-likeness (QED) is 0.390. The van der Waals surface area contributed by atoms with Crippen molar-refractivity contribution >= 4 is 33.7 Å². The number of hydrazone groups is 1. The van der Waals surface area contributed by atoms with Crippen LogP contribution in [0.3, 0.4) is 0 Å². The molecule has 0 atom stereocenters. The fourth-order valence-electron chi connectivity index (χ4n) is 2.61. The van der Waals surface area contributed by atoms with Gasteiger partial charge in [0.1, 0.15) is 5.84 Å². The van der Waals surface area contributed by atoms with E-state index in [9.17, 15) is 0 Å². The van der Waals surface area contributed by atoms with Gasteiger partial charge >= 0.3 is 0 Å². The van der Waals surface area contributed by atoms with Crippen molar-refractivity contribution in [2.45, 2.75) is 6.54 Å². The van der Waals surface area contributed by atoms with E-state index in [2.05, 4.69) is 37.9 Å². The molecule has 0 amide bonds. The van der Waals surface area contributed by atoms with Crippen LogP contribution >= 0.6 is 15.9 Å². The molecule has 0 radical (unpaired) electrons. The first kappa shape index (κ1) is 20.6. The van der Waals surface area contributed by atoms with Crippen molar-refractivity contribution in [3.05, 3.63) is 71.0 Å². The van der Waals surface area contributed by atoms with Crippen LogP contribution in [0.1, 0.15) is 11.1 Å². The van der Waals surface area contributed by atoms with Crippen LogP contribution in [-0.2, 0) is 6.54 Å². The van der Waals surface area contributed by atoms with Crippen LogP contribution in [0, 0.1) is 0 Å². The molecule has 1 aliphatic rings. The van der Waals surface area contributed by atoms with E-state index in [4.69, 9.17) is 14.5 Å². The standard InChI is InChI=1S/C21H22BrN5O2/c1-15(22)11-26-27(3)21(25-13-16-5-4-8-24-12-16)10-18(23-2)17-6-7-19-20(9-17)29-14-28-19/h4-12,23H,1,13-14H2,2-3H3/b18-10?,25-21?,26-11-. The molecule has 150 valence electrons. The minimum Gasteiger partial charge on any atom is -0.454 e. The van der Waals surface area contributed by atoms with Crippen molar-refractivity contribution in [1.82, 2.24) is 15.3 Å². The van der Waals surface area contributed by atoms with Gasteiger partial charge in [0.15, 0.2) is 11.5 Å². The summed E-state index contributed by atoms with van der Waals surface area (Å²) in [6.45, 7) is 4.50. The molecule has 1 aliphatic heterocycles. The van der Waals surface area contributed by atoms with E-state index in [0.717, 1.165) is 28.3 Å². The van der Waals surface area contributed by atoms with Gasteiger partial charge in [-0.05, 0) is 45.8 Å². The van der Waals surface area contributed by atoms with Crippen LogP contribution in [-0.4, -0.2) is 42.9 Å². The third-order valence-electron chi connectivity index (χ3n) is 4.08. The fourth-order valence-corrected chi connectivity index (χ4v) is 2.70. The number of likely N-dealkylation sites (N-methyl/N-ethyl adjacent to an activating group) is 1. The van der Waals surface area contributed by atoms with Gasteiger partial charge in [0.05, 0.1) is 12.8 Å².